The highest BCUT2D eigenvalue weighted by Crippen LogP contribution is 2.17. The number of nitrogens with zero attached hydrogens (tertiary/aromatic N) is 2. The molecule has 0 aromatic heterocycles. The molecule has 2 rings (SSSR count). The summed E-state index contributed by atoms with van der Waals surface area (Å²) >= 11 is 5.96. The van der Waals surface area contributed by atoms with Crippen molar-refractivity contribution in [1.82, 2.24) is 14.5 Å². The summed E-state index contributed by atoms with van der Waals surface area (Å²) in [6.45, 7) is 4.64. The van der Waals surface area contributed by atoms with Crippen LogP contribution in [0.4, 0.5) is 0 Å². The van der Waals surface area contributed by atoms with Gasteiger partial charge >= 0.3 is 0 Å². The number of carbonyl (C=O) groups excluding carboxylic acids is 2. The predicted octanol–water partition coefficient (Wildman–Crippen LogP) is 3.68. The molecule has 9 heteroatoms. The van der Waals surface area contributed by atoms with Crippen molar-refractivity contribution in [3.8, 4) is 0 Å². The zero-order chi connectivity index (χ0) is 24.4. The van der Waals surface area contributed by atoms with Crippen molar-refractivity contribution in [2.45, 2.75) is 50.6 Å². The Morgan fingerprint density at radius 2 is 1.70 bits per heavy atom. The first-order chi connectivity index (χ1) is 15.7. The molecule has 2 aromatic carbocycles. The molecule has 1 atom stereocenters. The minimum Gasteiger partial charge on any atom is -0.354 e. The summed E-state index contributed by atoms with van der Waals surface area (Å²) in [6.07, 6.45) is 1.25. The van der Waals surface area contributed by atoms with Gasteiger partial charge < -0.3 is 10.2 Å². The van der Waals surface area contributed by atoms with E-state index in [2.05, 4.69) is 5.32 Å². The topological polar surface area (TPSA) is 86.8 Å². The van der Waals surface area contributed by atoms with Crippen molar-refractivity contribution in [1.29, 1.82) is 0 Å². The molecule has 0 heterocycles. The van der Waals surface area contributed by atoms with E-state index in [1.165, 1.54) is 16.3 Å². The SMILES string of the molecule is CCCNC(=O)C(C)N(Cc1ccc(Cl)cc1)C(=O)CCCN(C)S(=O)(=O)c1ccccc1. The maximum atomic E-state index is 13.1. The second kappa shape index (κ2) is 12.7. The maximum absolute atomic E-state index is 13.1. The van der Waals surface area contributed by atoms with E-state index in [1.807, 2.05) is 19.1 Å². The molecule has 0 aliphatic rings. The Balaban J connectivity index is 2.05. The predicted molar refractivity (Wildman–Crippen MR) is 130 cm³/mol. The average molecular weight is 494 g/mol. The van der Waals surface area contributed by atoms with Crippen molar-refractivity contribution in [3.05, 3.63) is 65.2 Å². The molecule has 0 radical (unpaired) electrons. The molecule has 2 amide bonds. The van der Waals surface area contributed by atoms with Gasteiger partial charge in [0.15, 0.2) is 0 Å². The van der Waals surface area contributed by atoms with E-state index in [4.69, 9.17) is 11.6 Å². The second-order valence-corrected chi connectivity index (χ2v) is 10.3. The zero-order valence-electron chi connectivity index (χ0n) is 19.3. The first kappa shape index (κ1) is 26.8. The molecular formula is C24H32ClN3O4S. The third-order valence-corrected chi connectivity index (χ3v) is 7.42. The normalized spacial score (nSPS) is 12.4. The van der Waals surface area contributed by atoms with Crippen LogP contribution in [-0.4, -0.2) is 55.6 Å². The molecule has 180 valence electrons. The largest absolute Gasteiger partial charge is 0.354 e. The van der Waals surface area contributed by atoms with Crippen molar-refractivity contribution in [2.75, 3.05) is 20.1 Å². The molecule has 1 N–H and O–H groups in total. The number of hydrogen-bond donors (Lipinski definition) is 1. The molecule has 2 aromatic rings. The van der Waals surface area contributed by atoms with Crippen LogP contribution in [0.5, 0.6) is 0 Å². The van der Waals surface area contributed by atoms with E-state index in [-0.39, 0.29) is 36.2 Å². The molecule has 0 saturated carbocycles. The van der Waals surface area contributed by atoms with Crippen molar-refractivity contribution >= 4 is 33.4 Å². The highest BCUT2D eigenvalue weighted by atomic mass is 35.5. The Kier molecular flexibility index (Phi) is 10.3. The van der Waals surface area contributed by atoms with Gasteiger partial charge in [-0.25, -0.2) is 12.7 Å². The second-order valence-electron chi connectivity index (χ2n) is 7.86. The van der Waals surface area contributed by atoms with Crippen LogP contribution in [0.15, 0.2) is 59.5 Å². The smallest absolute Gasteiger partial charge is 0.242 e. The van der Waals surface area contributed by atoms with E-state index in [0.717, 1.165) is 12.0 Å². The Bertz CT molecular complexity index is 1010. The van der Waals surface area contributed by atoms with E-state index in [9.17, 15) is 18.0 Å². The van der Waals surface area contributed by atoms with Crippen LogP contribution < -0.4 is 5.32 Å². The number of halogens is 1. The van der Waals surface area contributed by atoms with Crippen molar-refractivity contribution in [2.24, 2.45) is 0 Å². The summed E-state index contributed by atoms with van der Waals surface area (Å²) in [6, 6.07) is 14.6. The van der Waals surface area contributed by atoms with Gasteiger partial charge in [0, 0.05) is 38.1 Å². The van der Waals surface area contributed by atoms with Crippen LogP contribution in [-0.2, 0) is 26.2 Å². The van der Waals surface area contributed by atoms with Gasteiger partial charge in [0.2, 0.25) is 21.8 Å². The lowest BCUT2D eigenvalue weighted by atomic mass is 10.1. The maximum Gasteiger partial charge on any atom is 0.242 e. The molecule has 7 nitrogen and oxygen atoms in total. The Morgan fingerprint density at radius 3 is 2.30 bits per heavy atom. The van der Waals surface area contributed by atoms with Crippen LogP contribution >= 0.6 is 11.6 Å². The summed E-state index contributed by atoms with van der Waals surface area (Å²) < 4.78 is 26.6. The van der Waals surface area contributed by atoms with Crippen LogP contribution in [0.3, 0.4) is 0 Å². The van der Waals surface area contributed by atoms with Gasteiger partial charge in [0.1, 0.15) is 6.04 Å². The lowest BCUT2D eigenvalue weighted by Crippen LogP contribution is -2.47. The fourth-order valence-electron chi connectivity index (χ4n) is 3.25. The first-order valence-electron chi connectivity index (χ1n) is 11.0. The molecule has 1 unspecified atom stereocenters. The summed E-state index contributed by atoms with van der Waals surface area (Å²) in [5.74, 6) is -0.433. The quantitative estimate of drug-likeness (QED) is 0.488. The van der Waals surface area contributed by atoms with Gasteiger partial charge in [-0.1, -0.05) is 48.9 Å². The zero-order valence-corrected chi connectivity index (χ0v) is 20.9. The lowest BCUT2D eigenvalue weighted by molar-refractivity contribution is -0.140. The van der Waals surface area contributed by atoms with Gasteiger partial charge in [-0.15, -0.1) is 0 Å². The first-order valence-corrected chi connectivity index (χ1v) is 12.8. The van der Waals surface area contributed by atoms with Gasteiger partial charge in [0.05, 0.1) is 4.90 Å². The molecular weight excluding hydrogens is 462 g/mol. The number of rotatable bonds is 12. The van der Waals surface area contributed by atoms with Gasteiger partial charge in [0.25, 0.3) is 0 Å². The number of amides is 2. The number of sulfonamides is 1. The highest BCUT2D eigenvalue weighted by molar-refractivity contribution is 7.89. The van der Waals surface area contributed by atoms with Crippen LogP contribution in [0.2, 0.25) is 5.02 Å². The van der Waals surface area contributed by atoms with Crippen molar-refractivity contribution in [3.63, 3.8) is 0 Å². The minimum atomic E-state index is -3.62. The molecule has 0 fully saturated rings. The summed E-state index contributed by atoms with van der Waals surface area (Å²) in [5, 5.41) is 3.42. The molecule has 0 spiro atoms. The molecule has 33 heavy (non-hydrogen) atoms. The monoisotopic (exact) mass is 493 g/mol. The molecule has 0 bridgehead atoms. The fraction of sp³-hybridized carbons (Fsp3) is 0.417. The van der Waals surface area contributed by atoms with E-state index in [1.54, 1.807) is 49.4 Å². The summed E-state index contributed by atoms with van der Waals surface area (Å²) in [4.78, 5) is 27.4. The number of hydrogen-bond acceptors (Lipinski definition) is 4. The molecule has 0 aliphatic heterocycles. The summed E-state index contributed by atoms with van der Waals surface area (Å²) in [5.41, 5.74) is 0.853. The highest BCUT2D eigenvalue weighted by Gasteiger charge is 2.26. The fourth-order valence-corrected chi connectivity index (χ4v) is 4.61. The third kappa shape index (κ3) is 7.84. The number of carbonyl (C=O) groups is 2. The van der Waals surface area contributed by atoms with E-state index in [0.29, 0.717) is 18.0 Å². The van der Waals surface area contributed by atoms with Gasteiger partial charge in [-0.2, -0.15) is 0 Å². The number of nitrogens with one attached hydrogen (secondary N) is 1. The lowest BCUT2D eigenvalue weighted by Gasteiger charge is -2.29. The standard InChI is InChI=1S/C24H32ClN3O4S/c1-4-16-26-24(30)19(2)28(18-20-12-14-21(25)15-13-20)23(29)11-8-17-27(3)33(31,32)22-9-6-5-7-10-22/h5-7,9-10,12-15,19H,4,8,11,16-18H2,1-3H3,(H,26,30). The van der Waals surface area contributed by atoms with E-state index < -0.39 is 16.1 Å². The minimum absolute atomic E-state index is 0.119. The van der Waals surface area contributed by atoms with Gasteiger partial charge in [-0.05, 0) is 49.6 Å². The molecule has 0 aliphatic carbocycles. The Labute approximate surface area is 201 Å². The van der Waals surface area contributed by atoms with Gasteiger partial charge in [-0.3, -0.25) is 9.59 Å². The molecule has 0 saturated heterocycles. The van der Waals surface area contributed by atoms with Crippen LogP contribution in [0, 0.1) is 0 Å². The van der Waals surface area contributed by atoms with Crippen molar-refractivity contribution < 1.29 is 18.0 Å². The van der Waals surface area contributed by atoms with Crippen LogP contribution in [0.1, 0.15) is 38.7 Å². The average Bonchev–Trinajstić information content (AvgIpc) is 2.82. The van der Waals surface area contributed by atoms with E-state index >= 15 is 0 Å². The number of benzene rings is 2. The Morgan fingerprint density at radius 1 is 1.06 bits per heavy atom. The third-order valence-electron chi connectivity index (χ3n) is 5.30. The summed E-state index contributed by atoms with van der Waals surface area (Å²) in [7, 11) is -2.12. The van der Waals surface area contributed by atoms with Crippen LogP contribution in [0.25, 0.3) is 0 Å². The Hall–Kier alpha value is -2.42.